The van der Waals surface area contributed by atoms with Crippen molar-refractivity contribution in [3.63, 3.8) is 0 Å². The standard InChI is InChI=1S/C23H37N5O2/c1-16-7-3-4-12-27(16)13-5-10-25-23(24-2)26-11-6-14-28-21(29)19-17-8-9-18(15-17)20(19)22(28)30/h8-9,16-20H,3-7,10-15H2,1-2H3,(H2,24,25,26). The van der Waals surface area contributed by atoms with Gasteiger partial charge in [-0.1, -0.05) is 18.6 Å². The van der Waals surface area contributed by atoms with E-state index in [0.29, 0.717) is 19.1 Å². The van der Waals surface area contributed by atoms with E-state index in [2.05, 4.69) is 39.6 Å². The number of rotatable bonds is 8. The molecule has 7 nitrogen and oxygen atoms in total. The molecule has 166 valence electrons. The molecular weight excluding hydrogens is 378 g/mol. The highest BCUT2D eigenvalue weighted by Gasteiger charge is 2.58. The second kappa shape index (κ2) is 9.50. The van der Waals surface area contributed by atoms with Crippen LogP contribution >= 0.6 is 0 Å². The number of piperidine rings is 1. The van der Waals surface area contributed by atoms with Crippen molar-refractivity contribution in [2.45, 2.75) is 51.5 Å². The number of imide groups is 1. The van der Waals surface area contributed by atoms with Gasteiger partial charge < -0.3 is 15.5 Å². The minimum atomic E-state index is -0.0856. The number of guanidine groups is 1. The molecule has 5 atom stereocenters. The molecule has 0 spiro atoms. The number of amides is 2. The monoisotopic (exact) mass is 415 g/mol. The average Bonchev–Trinajstić information content (AvgIpc) is 3.43. The van der Waals surface area contributed by atoms with Crippen LogP contribution in [0.25, 0.3) is 0 Å². The summed E-state index contributed by atoms with van der Waals surface area (Å²) in [5, 5.41) is 6.69. The third-order valence-corrected chi connectivity index (χ3v) is 7.49. The zero-order valence-corrected chi connectivity index (χ0v) is 18.5. The Hall–Kier alpha value is -1.89. The summed E-state index contributed by atoms with van der Waals surface area (Å²) in [6.45, 7) is 6.77. The smallest absolute Gasteiger partial charge is 0.233 e. The van der Waals surface area contributed by atoms with Crippen LogP contribution in [0.2, 0.25) is 0 Å². The van der Waals surface area contributed by atoms with E-state index >= 15 is 0 Å². The van der Waals surface area contributed by atoms with Gasteiger partial charge in [0, 0.05) is 39.3 Å². The summed E-state index contributed by atoms with van der Waals surface area (Å²) in [5.41, 5.74) is 0. The molecular formula is C23H37N5O2. The van der Waals surface area contributed by atoms with E-state index in [1.807, 2.05) is 0 Å². The van der Waals surface area contributed by atoms with Crippen molar-refractivity contribution in [2.24, 2.45) is 28.7 Å². The van der Waals surface area contributed by atoms with Crippen molar-refractivity contribution in [1.29, 1.82) is 0 Å². The van der Waals surface area contributed by atoms with Crippen LogP contribution in [-0.2, 0) is 9.59 Å². The fraction of sp³-hybridized carbons (Fsp3) is 0.783. The molecule has 2 amide bonds. The molecule has 4 rings (SSSR count). The molecule has 4 aliphatic rings. The second-order valence-corrected chi connectivity index (χ2v) is 9.34. The molecule has 2 aliphatic heterocycles. The maximum Gasteiger partial charge on any atom is 0.233 e. The van der Waals surface area contributed by atoms with E-state index in [4.69, 9.17) is 0 Å². The summed E-state index contributed by atoms with van der Waals surface area (Å²) in [6, 6.07) is 0.706. The topological polar surface area (TPSA) is 77.0 Å². The number of hydrogen-bond acceptors (Lipinski definition) is 4. The lowest BCUT2D eigenvalue weighted by Crippen LogP contribution is -2.42. The van der Waals surface area contributed by atoms with Crippen molar-refractivity contribution >= 4 is 17.8 Å². The number of allylic oxidation sites excluding steroid dienone is 2. The normalized spacial score (nSPS) is 33.5. The van der Waals surface area contributed by atoms with Crippen LogP contribution in [0.4, 0.5) is 0 Å². The average molecular weight is 416 g/mol. The Labute approximate surface area is 180 Å². The quantitative estimate of drug-likeness (QED) is 0.207. The van der Waals surface area contributed by atoms with Crippen molar-refractivity contribution in [3.8, 4) is 0 Å². The van der Waals surface area contributed by atoms with Gasteiger partial charge in [0.15, 0.2) is 5.96 Å². The van der Waals surface area contributed by atoms with Gasteiger partial charge in [-0.2, -0.15) is 0 Å². The van der Waals surface area contributed by atoms with Crippen LogP contribution in [0.15, 0.2) is 17.1 Å². The first-order chi connectivity index (χ1) is 14.6. The van der Waals surface area contributed by atoms with Crippen molar-refractivity contribution < 1.29 is 9.59 Å². The van der Waals surface area contributed by atoms with Crippen molar-refractivity contribution in [1.82, 2.24) is 20.4 Å². The fourth-order valence-electron chi connectivity index (χ4n) is 5.83. The number of fused-ring (bicyclic) bond motifs is 5. The molecule has 2 N–H and O–H groups in total. The number of carbonyl (C=O) groups excluding carboxylic acids is 2. The highest BCUT2D eigenvalue weighted by atomic mass is 16.2. The van der Waals surface area contributed by atoms with Gasteiger partial charge in [-0.15, -0.1) is 0 Å². The van der Waals surface area contributed by atoms with Gasteiger partial charge in [0.05, 0.1) is 11.8 Å². The van der Waals surface area contributed by atoms with Crippen LogP contribution in [0.1, 0.15) is 45.4 Å². The number of aliphatic imine (C=N–C) groups is 1. The van der Waals surface area contributed by atoms with E-state index in [9.17, 15) is 9.59 Å². The summed E-state index contributed by atoms with van der Waals surface area (Å²) < 4.78 is 0. The summed E-state index contributed by atoms with van der Waals surface area (Å²) in [4.78, 5) is 33.8. The maximum atomic E-state index is 12.7. The Morgan fingerprint density at radius 2 is 1.67 bits per heavy atom. The van der Waals surface area contributed by atoms with Crippen molar-refractivity contribution in [3.05, 3.63) is 12.2 Å². The molecule has 2 heterocycles. The molecule has 0 aromatic rings. The molecule has 30 heavy (non-hydrogen) atoms. The summed E-state index contributed by atoms with van der Waals surface area (Å²) in [6.07, 6.45) is 11.1. The van der Waals surface area contributed by atoms with E-state index in [-0.39, 0.29) is 35.5 Å². The molecule has 5 unspecified atom stereocenters. The van der Waals surface area contributed by atoms with Crippen LogP contribution in [0, 0.1) is 23.7 Å². The minimum Gasteiger partial charge on any atom is -0.356 e. The Bertz CT molecular complexity index is 676. The van der Waals surface area contributed by atoms with E-state index in [0.717, 1.165) is 38.3 Å². The van der Waals surface area contributed by atoms with Gasteiger partial charge in [0.25, 0.3) is 0 Å². The van der Waals surface area contributed by atoms with Crippen LogP contribution in [0.5, 0.6) is 0 Å². The lowest BCUT2D eigenvalue weighted by atomic mass is 9.85. The highest BCUT2D eigenvalue weighted by Crippen LogP contribution is 2.52. The number of likely N-dealkylation sites (tertiary alicyclic amines) is 2. The molecule has 7 heteroatoms. The number of nitrogens with zero attached hydrogens (tertiary/aromatic N) is 3. The van der Waals surface area contributed by atoms with Gasteiger partial charge in [0.2, 0.25) is 11.8 Å². The largest absolute Gasteiger partial charge is 0.356 e. The van der Waals surface area contributed by atoms with E-state index < -0.39 is 0 Å². The maximum absolute atomic E-state index is 12.7. The first kappa shape index (κ1) is 21.3. The molecule has 0 aromatic carbocycles. The van der Waals surface area contributed by atoms with Crippen LogP contribution in [-0.4, -0.2) is 73.4 Å². The highest BCUT2D eigenvalue weighted by molar-refractivity contribution is 6.06. The Morgan fingerprint density at radius 3 is 2.27 bits per heavy atom. The zero-order valence-electron chi connectivity index (χ0n) is 18.5. The molecule has 3 fully saturated rings. The van der Waals surface area contributed by atoms with Crippen molar-refractivity contribution in [2.75, 3.05) is 39.8 Å². The predicted octanol–water partition coefficient (Wildman–Crippen LogP) is 1.61. The first-order valence-electron chi connectivity index (χ1n) is 11.8. The lowest BCUT2D eigenvalue weighted by molar-refractivity contribution is -0.140. The molecule has 0 aromatic heterocycles. The second-order valence-electron chi connectivity index (χ2n) is 9.34. The summed E-state index contributed by atoms with van der Waals surface area (Å²) in [7, 11) is 1.78. The number of nitrogens with one attached hydrogen (secondary N) is 2. The molecule has 1 saturated carbocycles. The van der Waals surface area contributed by atoms with Gasteiger partial charge >= 0.3 is 0 Å². The molecule has 2 aliphatic carbocycles. The van der Waals surface area contributed by atoms with Gasteiger partial charge in [-0.25, -0.2) is 0 Å². The summed E-state index contributed by atoms with van der Waals surface area (Å²) in [5.74, 6) is 1.30. The third kappa shape index (κ3) is 4.27. The van der Waals surface area contributed by atoms with Gasteiger partial charge in [-0.05, 0) is 57.4 Å². The Morgan fingerprint density at radius 1 is 1.03 bits per heavy atom. The van der Waals surface area contributed by atoms with E-state index in [1.54, 1.807) is 7.05 Å². The van der Waals surface area contributed by atoms with Gasteiger partial charge in [-0.3, -0.25) is 19.5 Å². The third-order valence-electron chi connectivity index (χ3n) is 7.49. The fourth-order valence-corrected chi connectivity index (χ4v) is 5.83. The SMILES string of the molecule is CN=C(NCCCN1C(=O)C2C3C=CC(C3)C2C1=O)NCCCN1CCCCC1C. The minimum absolute atomic E-state index is 0.0521. The van der Waals surface area contributed by atoms with Crippen LogP contribution < -0.4 is 10.6 Å². The lowest BCUT2D eigenvalue weighted by Gasteiger charge is -2.33. The number of hydrogen-bond donors (Lipinski definition) is 2. The summed E-state index contributed by atoms with van der Waals surface area (Å²) >= 11 is 0. The van der Waals surface area contributed by atoms with Gasteiger partial charge in [0.1, 0.15) is 0 Å². The number of carbonyl (C=O) groups is 2. The predicted molar refractivity (Wildman–Crippen MR) is 118 cm³/mol. The first-order valence-corrected chi connectivity index (χ1v) is 11.8. The van der Waals surface area contributed by atoms with E-state index in [1.165, 1.54) is 30.7 Å². The zero-order chi connectivity index (χ0) is 21.1. The Balaban J connectivity index is 1.12. The van der Waals surface area contributed by atoms with Crippen LogP contribution in [0.3, 0.4) is 0 Å². The molecule has 2 saturated heterocycles. The Kier molecular flexibility index (Phi) is 6.76. The molecule has 0 radical (unpaired) electrons. The molecule has 2 bridgehead atoms.